The Morgan fingerprint density at radius 3 is 2.42 bits per heavy atom. The molecule has 3 N–H and O–H groups in total. The number of likely N-dealkylation sites (N-methyl/N-ethyl adjacent to an activating group) is 1. The van der Waals surface area contributed by atoms with Crippen LogP contribution in [0.4, 0.5) is 16.2 Å². The molecule has 9 nitrogen and oxygen atoms in total. The summed E-state index contributed by atoms with van der Waals surface area (Å²) in [5.74, 6) is 0.993. The number of ether oxygens (including phenoxy) is 2. The molecule has 248 valence electrons. The first-order valence-corrected chi connectivity index (χ1v) is 16.9. The van der Waals surface area contributed by atoms with Gasteiger partial charge in [0.1, 0.15) is 5.75 Å². The standard InChI is InChI=1S/C36H54N4O5/c1-26-22-40(27(2)25-41)35(42)32-21-31(38-36(43)37-30-16-9-6-10-17-30)18-19-33(32)45-28(3)13-11-12-20-44-34(26)24-39(4)23-29-14-7-5-8-15-29/h6,9-10,16-19,21,26-29,34,41H,5,7-8,11-15,20,22-25H2,1-4H3,(H2,37,38,43)/t26-,27+,28+,34+/m0/s1. The van der Waals surface area contributed by atoms with Crippen LogP contribution in [0.2, 0.25) is 0 Å². The summed E-state index contributed by atoms with van der Waals surface area (Å²) < 4.78 is 12.9. The van der Waals surface area contributed by atoms with Crippen molar-refractivity contribution in [3.8, 4) is 5.75 Å². The van der Waals surface area contributed by atoms with E-state index in [0.717, 1.165) is 38.3 Å². The lowest BCUT2D eigenvalue weighted by atomic mass is 9.89. The van der Waals surface area contributed by atoms with Gasteiger partial charge in [0.15, 0.2) is 0 Å². The third kappa shape index (κ3) is 10.7. The van der Waals surface area contributed by atoms with E-state index in [4.69, 9.17) is 9.47 Å². The predicted molar refractivity (Wildman–Crippen MR) is 180 cm³/mol. The van der Waals surface area contributed by atoms with Crippen molar-refractivity contribution in [2.24, 2.45) is 11.8 Å². The van der Waals surface area contributed by atoms with Crippen LogP contribution in [-0.4, -0.2) is 85.0 Å². The number of fused-ring (bicyclic) bond motifs is 1. The van der Waals surface area contributed by atoms with Crippen molar-refractivity contribution in [2.75, 3.05) is 50.5 Å². The highest BCUT2D eigenvalue weighted by atomic mass is 16.5. The molecule has 4 rings (SSSR count). The molecule has 2 aliphatic rings. The van der Waals surface area contributed by atoms with Crippen molar-refractivity contribution in [2.45, 2.75) is 90.4 Å². The van der Waals surface area contributed by atoms with Gasteiger partial charge in [-0.15, -0.1) is 0 Å². The second kappa shape index (κ2) is 17.5. The van der Waals surface area contributed by atoms with Crippen molar-refractivity contribution < 1.29 is 24.2 Å². The van der Waals surface area contributed by atoms with Crippen LogP contribution in [0.15, 0.2) is 48.5 Å². The van der Waals surface area contributed by atoms with E-state index in [1.165, 1.54) is 32.1 Å². The van der Waals surface area contributed by atoms with Gasteiger partial charge in [-0.05, 0) is 89.2 Å². The zero-order chi connectivity index (χ0) is 32.2. The number of nitrogens with one attached hydrogen (secondary N) is 2. The minimum atomic E-state index is -0.420. The minimum absolute atomic E-state index is 0.0287. The number of rotatable bonds is 8. The third-order valence-corrected chi connectivity index (χ3v) is 9.13. The first-order valence-electron chi connectivity index (χ1n) is 16.9. The largest absolute Gasteiger partial charge is 0.490 e. The summed E-state index contributed by atoms with van der Waals surface area (Å²) in [7, 11) is 2.19. The quantitative estimate of drug-likeness (QED) is 0.305. The van der Waals surface area contributed by atoms with Gasteiger partial charge in [-0.25, -0.2) is 4.79 Å². The fourth-order valence-corrected chi connectivity index (χ4v) is 6.47. The Kier molecular flexibility index (Phi) is 13.5. The third-order valence-electron chi connectivity index (χ3n) is 9.13. The number of aliphatic hydroxyl groups is 1. The molecule has 3 amide bonds. The topological polar surface area (TPSA) is 103 Å². The first kappa shape index (κ1) is 34.7. The molecule has 1 aliphatic carbocycles. The molecule has 0 aromatic heterocycles. The minimum Gasteiger partial charge on any atom is -0.490 e. The summed E-state index contributed by atoms with van der Waals surface area (Å²) in [5.41, 5.74) is 1.50. The number of benzene rings is 2. The van der Waals surface area contributed by atoms with Crippen LogP contribution in [0.25, 0.3) is 0 Å². The average Bonchev–Trinajstić information content (AvgIpc) is 3.03. The molecule has 0 radical (unpaired) electrons. The lowest BCUT2D eigenvalue weighted by molar-refractivity contribution is -0.0190. The van der Waals surface area contributed by atoms with Crippen LogP contribution in [0.5, 0.6) is 5.75 Å². The predicted octanol–water partition coefficient (Wildman–Crippen LogP) is 6.64. The fourth-order valence-electron chi connectivity index (χ4n) is 6.47. The van der Waals surface area contributed by atoms with E-state index in [1.54, 1.807) is 23.1 Å². The lowest BCUT2D eigenvalue weighted by Gasteiger charge is -2.36. The molecule has 0 spiro atoms. The van der Waals surface area contributed by atoms with Crippen LogP contribution < -0.4 is 15.4 Å². The molecule has 2 aromatic rings. The summed E-state index contributed by atoms with van der Waals surface area (Å²) in [6.45, 7) is 8.79. The van der Waals surface area contributed by atoms with Crippen molar-refractivity contribution in [1.29, 1.82) is 0 Å². The Bertz CT molecular complexity index is 1210. The molecule has 0 saturated heterocycles. The number of carbonyl (C=O) groups excluding carboxylic acids is 2. The van der Waals surface area contributed by atoms with Crippen molar-refractivity contribution in [1.82, 2.24) is 9.80 Å². The van der Waals surface area contributed by atoms with E-state index in [9.17, 15) is 14.7 Å². The fraction of sp³-hybridized carbons (Fsp3) is 0.611. The Morgan fingerprint density at radius 1 is 0.978 bits per heavy atom. The molecule has 4 atom stereocenters. The summed E-state index contributed by atoms with van der Waals surface area (Å²) >= 11 is 0. The van der Waals surface area contributed by atoms with Crippen molar-refractivity contribution in [3.05, 3.63) is 54.1 Å². The Labute approximate surface area is 269 Å². The molecule has 1 aliphatic heterocycles. The summed E-state index contributed by atoms with van der Waals surface area (Å²) in [4.78, 5) is 31.2. The number of anilines is 2. The lowest BCUT2D eigenvalue weighted by Crippen LogP contribution is -2.47. The molecule has 1 fully saturated rings. The molecule has 2 aromatic carbocycles. The number of hydrogen-bond acceptors (Lipinski definition) is 6. The zero-order valence-electron chi connectivity index (χ0n) is 27.7. The SMILES string of the molecule is C[C@@H]1CCCCO[C@H](CN(C)CC2CCCCC2)[C@@H](C)CN([C@H](C)CO)C(=O)c2cc(NC(=O)Nc3ccccc3)ccc2O1. The van der Waals surface area contributed by atoms with Gasteiger partial charge in [-0.1, -0.05) is 44.4 Å². The van der Waals surface area contributed by atoms with Crippen LogP contribution in [0.3, 0.4) is 0 Å². The van der Waals surface area contributed by atoms with Gasteiger partial charge in [0.2, 0.25) is 0 Å². The molecular formula is C36H54N4O5. The van der Waals surface area contributed by atoms with Crippen LogP contribution in [0, 0.1) is 11.8 Å². The Hall–Kier alpha value is -3.14. The second-order valence-electron chi connectivity index (χ2n) is 13.2. The van der Waals surface area contributed by atoms with Gasteiger partial charge < -0.3 is 35.0 Å². The maximum Gasteiger partial charge on any atom is 0.323 e. The molecule has 9 heteroatoms. The molecule has 45 heavy (non-hydrogen) atoms. The van der Waals surface area contributed by atoms with E-state index in [-0.39, 0.29) is 30.6 Å². The van der Waals surface area contributed by atoms with Gasteiger partial charge in [-0.3, -0.25) is 4.79 Å². The second-order valence-corrected chi connectivity index (χ2v) is 13.2. The van der Waals surface area contributed by atoms with E-state index in [1.807, 2.05) is 44.2 Å². The van der Waals surface area contributed by atoms with E-state index in [2.05, 4.69) is 29.5 Å². The van der Waals surface area contributed by atoms with Gasteiger partial charge in [-0.2, -0.15) is 0 Å². The summed E-state index contributed by atoms with van der Waals surface area (Å²) in [6, 6.07) is 13.5. The van der Waals surface area contributed by atoms with E-state index >= 15 is 0 Å². The zero-order valence-corrected chi connectivity index (χ0v) is 27.7. The van der Waals surface area contributed by atoms with Gasteiger partial charge in [0, 0.05) is 43.5 Å². The number of nitrogens with zero attached hydrogens (tertiary/aromatic N) is 2. The number of carbonyl (C=O) groups is 2. The Morgan fingerprint density at radius 2 is 1.69 bits per heavy atom. The molecule has 0 bridgehead atoms. The highest BCUT2D eigenvalue weighted by Crippen LogP contribution is 2.29. The molecule has 1 heterocycles. The number of para-hydroxylation sites is 1. The maximum atomic E-state index is 14.3. The van der Waals surface area contributed by atoms with Gasteiger partial charge >= 0.3 is 6.03 Å². The number of urea groups is 1. The number of amides is 3. The summed E-state index contributed by atoms with van der Waals surface area (Å²) in [6.07, 6.45) is 9.15. The van der Waals surface area contributed by atoms with Crippen LogP contribution in [0.1, 0.15) is 82.5 Å². The van der Waals surface area contributed by atoms with Gasteiger partial charge in [0.05, 0.1) is 30.4 Å². The highest BCUT2D eigenvalue weighted by Gasteiger charge is 2.31. The highest BCUT2D eigenvalue weighted by molar-refractivity contribution is 6.02. The average molecular weight is 623 g/mol. The van der Waals surface area contributed by atoms with Crippen LogP contribution in [-0.2, 0) is 4.74 Å². The monoisotopic (exact) mass is 622 g/mol. The van der Waals surface area contributed by atoms with Crippen LogP contribution >= 0.6 is 0 Å². The van der Waals surface area contributed by atoms with E-state index in [0.29, 0.717) is 35.8 Å². The van der Waals surface area contributed by atoms with Crippen molar-refractivity contribution >= 4 is 23.3 Å². The smallest absolute Gasteiger partial charge is 0.323 e. The Balaban J connectivity index is 1.56. The number of aliphatic hydroxyl groups excluding tert-OH is 1. The molecule has 1 saturated carbocycles. The summed E-state index contributed by atoms with van der Waals surface area (Å²) in [5, 5.41) is 15.9. The molecule has 0 unspecified atom stereocenters. The first-order chi connectivity index (χ1) is 21.7. The molecular weight excluding hydrogens is 568 g/mol. The van der Waals surface area contributed by atoms with Gasteiger partial charge in [0.25, 0.3) is 5.91 Å². The maximum absolute atomic E-state index is 14.3. The van der Waals surface area contributed by atoms with Crippen molar-refractivity contribution in [3.63, 3.8) is 0 Å². The van der Waals surface area contributed by atoms with E-state index < -0.39 is 12.1 Å². The normalized spacial score (nSPS) is 23.0. The number of hydrogen-bond donors (Lipinski definition) is 3.